The van der Waals surface area contributed by atoms with Gasteiger partial charge in [0.25, 0.3) is 0 Å². The van der Waals surface area contributed by atoms with E-state index in [9.17, 15) is 4.79 Å². The molecule has 0 aromatic heterocycles. The summed E-state index contributed by atoms with van der Waals surface area (Å²) in [5.41, 5.74) is 6.46. The van der Waals surface area contributed by atoms with Crippen LogP contribution in [0.2, 0.25) is 0 Å². The number of hydrogen-bond acceptors (Lipinski definition) is 3. The van der Waals surface area contributed by atoms with Crippen LogP contribution in [0.4, 0.5) is 5.69 Å². The maximum atomic E-state index is 11.6. The molecule has 0 heterocycles. The fourth-order valence-corrected chi connectivity index (χ4v) is 1.91. The monoisotopic (exact) mass is 222 g/mol. The second-order valence-electron chi connectivity index (χ2n) is 3.73. The van der Waals surface area contributed by atoms with Crippen molar-refractivity contribution in [3.63, 3.8) is 0 Å². The van der Waals surface area contributed by atoms with Crippen LogP contribution in [-0.4, -0.2) is 18.2 Å². The second kappa shape index (κ2) is 4.24. The Morgan fingerprint density at radius 2 is 2.33 bits per heavy atom. The maximum absolute atomic E-state index is 11.6. The van der Waals surface area contributed by atoms with Crippen LogP contribution in [0, 0.1) is 5.92 Å². The van der Waals surface area contributed by atoms with E-state index >= 15 is 0 Å². The molecule has 0 bridgehead atoms. The van der Waals surface area contributed by atoms with Crippen molar-refractivity contribution in [1.29, 1.82) is 0 Å². The van der Waals surface area contributed by atoms with Crippen molar-refractivity contribution < 1.29 is 4.79 Å². The predicted molar refractivity (Wildman–Crippen MR) is 62.9 cm³/mol. The molecule has 15 heavy (non-hydrogen) atoms. The number of rotatable bonds is 3. The van der Waals surface area contributed by atoms with Crippen LogP contribution >= 0.6 is 11.8 Å². The fourth-order valence-electron chi connectivity index (χ4n) is 1.45. The lowest BCUT2D eigenvalue weighted by molar-refractivity contribution is -0.117. The van der Waals surface area contributed by atoms with E-state index in [0.29, 0.717) is 0 Å². The number of nitrogens with one attached hydrogen (secondary N) is 1. The number of carbonyl (C=O) groups excluding carboxylic acids is 1. The summed E-state index contributed by atoms with van der Waals surface area (Å²) in [4.78, 5) is 12.7. The molecule has 3 N–H and O–H groups in total. The van der Waals surface area contributed by atoms with E-state index in [1.165, 1.54) is 0 Å². The summed E-state index contributed by atoms with van der Waals surface area (Å²) in [7, 11) is 0. The van der Waals surface area contributed by atoms with Crippen LogP contribution in [0.3, 0.4) is 0 Å². The van der Waals surface area contributed by atoms with Gasteiger partial charge in [0.1, 0.15) is 0 Å². The van der Waals surface area contributed by atoms with E-state index < -0.39 is 0 Å². The number of hydrogen-bond donors (Lipinski definition) is 2. The molecule has 80 valence electrons. The number of carbonyl (C=O) groups is 1. The third-order valence-corrected chi connectivity index (χ3v) is 3.24. The van der Waals surface area contributed by atoms with Gasteiger partial charge in [-0.1, -0.05) is 6.07 Å². The topological polar surface area (TPSA) is 55.1 Å². The molecule has 1 aromatic rings. The first kappa shape index (κ1) is 10.5. The Labute approximate surface area is 93.4 Å². The molecule has 1 aliphatic rings. The predicted octanol–water partition coefficient (Wildman–Crippen LogP) is 1.69. The van der Waals surface area contributed by atoms with Crippen LogP contribution < -0.4 is 11.1 Å². The Bertz CT molecular complexity index is 381. The molecule has 0 aliphatic heterocycles. The van der Waals surface area contributed by atoms with Gasteiger partial charge >= 0.3 is 0 Å². The van der Waals surface area contributed by atoms with Crippen LogP contribution in [-0.2, 0) is 4.79 Å². The molecule has 2 unspecified atom stereocenters. The molecule has 0 spiro atoms. The molecule has 1 amide bonds. The molecule has 1 aliphatic carbocycles. The van der Waals surface area contributed by atoms with E-state index in [1.54, 1.807) is 11.8 Å². The summed E-state index contributed by atoms with van der Waals surface area (Å²) in [5.74, 6) is 0.0590. The third-order valence-electron chi connectivity index (χ3n) is 2.51. The lowest BCUT2D eigenvalue weighted by atomic mass is 10.3. The average molecular weight is 222 g/mol. The van der Waals surface area contributed by atoms with Crippen LogP contribution in [0.15, 0.2) is 29.2 Å². The van der Waals surface area contributed by atoms with Gasteiger partial charge in [0, 0.05) is 16.6 Å². The summed E-state index contributed by atoms with van der Waals surface area (Å²) < 4.78 is 0. The first-order valence-corrected chi connectivity index (χ1v) is 6.13. The number of anilines is 1. The Morgan fingerprint density at radius 1 is 1.60 bits per heavy atom. The molecule has 2 rings (SSSR count). The SMILES string of the molecule is CSc1cccc(NC(=O)C2CC2N)c1. The Hall–Kier alpha value is -1.00. The number of thioether (sulfide) groups is 1. The largest absolute Gasteiger partial charge is 0.327 e. The molecule has 1 aromatic carbocycles. The normalized spacial score (nSPS) is 23.6. The zero-order valence-corrected chi connectivity index (χ0v) is 9.38. The summed E-state index contributed by atoms with van der Waals surface area (Å²) >= 11 is 1.66. The summed E-state index contributed by atoms with van der Waals surface area (Å²) in [6.45, 7) is 0. The molecule has 1 fully saturated rings. The van der Waals surface area contributed by atoms with Gasteiger partial charge in [0.15, 0.2) is 0 Å². The first-order chi connectivity index (χ1) is 7.20. The van der Waals surface area contributed by atoms with Crippen molar-refractivity contribution in [1.82, 2.24) is 0 Å². The van der Waals surface area contributed by atoms with Gasteiger partial charge in [-0.05, 0) is 30.9 Å². The zero-order valence-electron chi connectivity index (χ0n) is 8.57. The molecule has 0 saturated heterocycles. The number of benzene rings is 1. The van der Waals surface area contributed by atoms with Gasteiger partial charge in [-0.15, -0.1) is 11.8 Å². The molecule has 0 radical (unpaired) electrons. The van der Waals surface area contributed by atoms with Crippen LogP contribution in [0.5, 0.6) is 0 Å². The van der Waals surface area contributed by atoms with Gasteiger partial charge in [-0.25, -0.2) is 0 Å². The van der Waals surface area contributed by atoms with E-state index in [2.05, 4.69) is 5.32 Å². The molecular formula is C11H14N2OS. The smallest absolute Gasteiger partial charge is 0.229 e. The molecule has 4 heteroatoms. The van der Waals surface area contributed by atoms with Crippen molar-refractivity contribution in [2.45, 2.75) is 17.4 Å². The summed E-state index contributed by atoms with van der Waals surface area (Å²) in [6, 6.07) is 7.88. The van der Waals surface area contributed by atoms with Gasteiger partial charge < -0.3 is 11.1 Å². The fraction of sp³-hybridized carbons (Fsp3) is 0.364. The number of amides is 1. The third kappa shape index (κ3) is 2.52. The lowest BCUT2D eigenvalue weighted by Gasteiger charge is -2.05. The van der Waals surface area contributed by atoms with Crippen molar-refractivity contribution in [2.24, 2.45) is 11.7 Å². The maximum Gasteiger partial charge on any atom is 0.229 e. The second-order valence-corrected chi connectivity index (χ2v) is 4.61. The van der Waals surface area contributed by atoms with E-state index in [0.717, 1.165) is 17.0 Å². The van der Waals surface area contributed by atoms with E-state index in [4.69, 9.17) is 5.73 Å². The van der Waals surface area contributed by atoms with Crippen molar-refractivity contribution in [2.75, 3.05) is 11.6 Å². The Kier molecular flexibility index (Phi) is 2.98. The zero-order chi connectivity index (χ0) is 10.8. The van der Waals surface area contributed by atoms with Gasteiger partial charge in [0.05, 0.1) is 5.92 Å². The highest BCUT2D eigenvalue weighted by Crippen LogP contribution is 2.29. The Morgan fingerprint density at radius 3 is 2.93 bits per heavy atom. The molecule has 2 atom stereocenters. The minimum Gasteiger partial charge on any atom is -0.327 e. The van der Waals surface area contributed by atoms with E-state index in [1.807, 2.05) is 30.5 Å². The lowest BCUT2D eigenvalue weighted by Crippen LogP contribution is -2.18. The Balaban J connectivity index is 2.00. The van der Waals surface area contributed by atoms with Gasteiger partial charge in [-0.2, -0.15) is 0 Å². The van der Waals surface area contributed by atoms with Crippen molar-refractivity contribution in [3.8, 4) is 0 Å². The van der Waals surface area contributed by atoms with Crippen molar-refractivity contribution >= 4 is 23.4 Å². The minimum atomic E-state index is 0.0166. The van der Waals surface area contributed by atoms with Gasteiger partial charge in [-0.3, -0.25) is 4.79 Å². The number of nitrogens with two attached hydrogens (primary N) is 1. The molecule has 3 nitrogen and oxygen atoms in total. The first-order valence-electron chi connectivity index (χ1n) is 4.91. The minimum absolute atomic E-state index is 0.0166. The molecular weight excluding hydrogens is 208 g/mol. The highest BCUT2D eigenvalue weighted by atomic mass is 32.2. The highest BCUT2D eigenvalue weighted by Gasteiger charge is 2.39. The molecule has 1 saturated carbocycles. The van der Waals surface area contributed by atoms with E-state index in [-0.39, 0.29) is 17.9 Å². The van der Waals surface area contributed by atoms with Crippen LogP contribution in [0.1, 0.15) is 6.42 Å². The van der Waals surface area contributed by atoms with Crippen molar-refractivity contribution in [3.05, 3.63) is 24.3 Å². The quantitative estimate of drug-likeness (QED) is 0.765. The average Bonchev–Trinajstić information content (AvgIpc) is 2.96. The highest BCUT2D eigenvalue weighted by molar-refractivity contribution is 7.98. The van der Waals surface area contributed by atoms with Gasteiger partial charge in [0.2, 0.25) is 5.91 Å². The summed E-state index contributed by atoms with van der Waals surface area (Å²) in [5, 5.41) is 2.88. The summed E-state index contributed by atoms with van der Waals surface area (Å²) in [6.07, 6.45) is 2.83. The van der Waals surface area contributed by atoms with Crippen LogP contribution in [0.25, 0.3) is 0 Å². The standard InChI is InChI=1S/C11H14N2OS/c1-15-8-4-2-3-7(5-8)13-11(14)9-6-10(9)12/h2-5,9-10H,6,12H2,1H3,(H,13,14).